The summed E-state index contributed by atoms with van der Waals surface area (Å²) in [6.07, 6.45) is 2.30. The second-order valence-corrected chi connectivity index (χ2v) is 3.95. The van der Waals surface area contributed by atoms with Crippen molar-refractivity contribution in [3.63, 3.8) is 0 Å². The highest BCUT2D eigenvalue weighted by Gasteiger charge is 2.24. The third-order valence-corrected chi connectivity index (χ3v) is 2.91. The Hall–Kier alpha value is -1.51. The largest absolute Gasteiger partial charge is 0.423 e. The molecule has 1 unspecified atom stereocenters. The summed E-state index contributed by atoms with van der Waals surface area (Å²) in [5, 5.41) is 0. The molecule has 77 valence electrons. The second kappa shape index (κ2) is 3.26. The molecular formula is C12H13N2O. The van der Waals surface area contributed by atoms with Crippen LogP contribution in [0.5, 0.6) is 0 Å². The van der Waals surface area contributed by atoms with Crippen molar-refractivity contribution in [3.8, 4) is 0 Å². The molecule has 1 aliphatic heterocycles. The van der Waals surface area contributed by atoms with Gasteiger partial charge in [0, 0.05) is 12.6 Å². The molecular weight excluding hydrogens is 188 g/mol. The number of benzene rings is 1. The van der Waals surface area contributed by atoms with Crippen molar-refractivity contribution < 1.29 is 4.42 Å². The molecule has 0 spiro atoms. The Kier molecular flexibility index (Phi) is 1.91. The van der Waals surface area contributed by atoms with Crippen molar-refractivity contribution in [2.75, 3.05) is 11.4 Å². The van der Waals surface area contributed by atoms with Gasteiger partial charge in [0.1, 0.15) is 5.52 Å². The van der Waals surface area contributed by atoms with Crippen LogP contribution in [0.2, 0.25) is 0 Å². The van der Waals surface area contributed by atoms with E-state index < -0.39 is 0 Å². The van der Waals surface area contributed by atoms with Gasteiger partial charge in [-0.1, -0.05) is 12.1 Å². The van der Waals surface area contributed by atoms with Gasteiger partial charge >= 0.3 is 0 Å². The first kappa shape index (κ1) is 8.77. The summed E-state index contributed by atoms with van der Waals surface area (Å²) < 4.78 is 5.70. The fourth-order valence-corrected chi connectivity index (χ4v) is 2.07. The van der Waals surface area contributed by atoms with E-state index in [-0.39, 0.29) is 0 Å². The molecule has 0 N–H and O–H groups in total. The third-order valence-electron chi connectivity index (χ3n) is 2.91. The minimum atomic E-state index is 0.304. The zero-order chi connectivity index (χ0) is 10.3. The van der Waals surface area contributed by atoms with Crippen molar-refractivity contribution in [2.45, 2.75) is 18.9 Å². The molecule has 1 radical (unpaired) electrons. The zero-order valence-electron chi connectivity index (χ0n) is 8.52. The van der Waals surface area contributed by atoms with Crippen LogP contribution < -0.4 is 4.90 Å². The maximum Gasteiger partial charge on any atom is 0.298 e. The molecule has 15 heavy (non-hydrogen) atoms. The lowest BCUT2D eigenvalue weighted by Crippen LogP contribution is -2.26. The SMILES string of the molecule is [CH2]C1CCCN1c1nc2ccccc2o1. The Balaban J connectivity index is 2.04. The van der Waals surface area contributed by atoms with Gasteiger partial charge in [-0.25, -0.2) is 0 Å². The number of nitrogens with zero attached hydrogens (tertiary/aromatic N) is 2. The molecule has 1 aromatic carbocycles. The molecule has 1 aromatic heterocycles. The molecule has 0 saturated carbocycles. The fraction of sp³-hybridized carbons (Fsp3) is 0.333. The van der Waals surface area contributed by atoms with Crippen LogP contribution in [-0.2, 0) is 0 Å². The second-order valence-electron chi connectivity index (χ2n) is 3.95. The van der Waals surface area contributed by atoms with Crippen molar-refractivity contribution in [1.82, 2.24) is 4.98 Å². The minimum absolute atomic E-state index is 0.304. The van der Waals surface area contributed by atoms with Gasteiger partial charge in [-0.3, -0.25) is 0 Å². The highest BCUT2D eigenvalue weighted by Crippen LogP contribution is 2.27. The summed E-state index contributed by atoms with van der Waals surface area (Å²) in [4.78, 5) is 6.60. The van der Waals surface area contributed by atoms with E-state index in [2.05, 4.69) is 16.8 Å². The van der Waals surface area contributed by atoms with Gasteiger partial charge in [-0.05, 0) is 31.9 Å². The Morgan fingerprint density at radius 3 is 3.00 bits per heavy atom. The minimum Gasteiger partial charge on any atom is -0.423 e. The van der Waals surface area contributed by atoms with Crippen LogP contribution in [0.25, 0.3) is 11.1 Å². The van der Waals surface area contributed by atoms with Crippen molar-refractivity contribution in [1.29, 1.82) is 0 Å². The lowest BCUT2D eigenvalue weighted by atomic mass is 10.2. The number of fused-ring (bicyclic) bond motifs is 1. The molecule has 2 aromatic rings. The van der Waals surface area contributed by atoms with Crippen LogP contribution in [-0.4, -0.2) is 17.6 Å². The summed E-state index contributed by atoms with van der Waals surface area (Å²) in [7, 11) is 0. The molecule has 1 atom stereocenters. The Labute approximate surface area is 88.7 Å². The molecule has 0 aliphatic carbocycles. The first-order valence-electron chi connectivity index (χ1n) is 5.30. The maximum absolute atomic E-state index is 5.70. The van der Waals surface area contributed by atoms with Crippen molar-refractivity contribution in [3.05, 3.63) is 31.2 Å². The maximum atomic E-state index is 5.70. The van der Waals surface area contributed by atoms with E-state index >= 15 is 0 Å². The molecule has 1 fully saturated rings. The summed E-state index contributed by atoms with van der Waals surface area (Å²) in [6, 6.07) is 8.87. The van der Waals surface area contributed by atoms with Gasteiger partial charge < -0.3 is 9.32 Å². The molecule has 3 rings (SSSR count). The van der Waals surface area contributed by atoms with Gasteiger partial charge in [0.05, 0.1) is 0 Å². The molecule has 0 amide bonds. The number of hydrogen-bond acceptors (Lipinski definition) is 3. The smallest absolute Gasteiger partial charge is 0.298 e. The van der Waals surface area contributed by atoms with Gasteiger partial charge in [-0.15, -0.1) is 0 Å². The van der Waals surface area contributed by atoms with Gasteiger partial charge in [0.2, 0.25) is 0 Å². The van der Waals surface area contributed by atoms with Crippen LogP contribution in [0.3, 0.4) is 0 Å². The topological polar surface area (TPSA) is 29.3 Å². The lowest BCUT2D eigenvalue weighted by Gasteiger charge is -2.17. The van der Waals surface area contributed by atoms with E-state index in [0.717, 1.165) is 24.1 Å². The molecule has 0 bridgehead atoms. The number of oxazole rings is 1. The van der Waals surface area contributed by atoms with Crippen LogP contribution in [0, 0.1) is 6.92 Å². The number of rotatable bonds is 1. The van der Waals surface area contributed by atoms with Gasteiger partial charge in [0.15, 0.2) is 5.58 Å². The van der Waals surface area contributed by atoms with E-state index in [9.17, 15) is 0 Å². The average Bonchev–Trinajstić information content (AvgIpc) is 2.82. The van der Waals surface area contributed by atoms with Crippen LogP contribution in [0.1, 0.15) is 12.8 Å². The van der Waals surface area contributed by atoms with Crippen LogP contribution in [0.15, 0.2) is 28.7 Å². The van der Waals surface area contributed by atoms with Crippen molar-refractivity contribution >= 4 is 17.1 Å². The Morgan fingerprint density at radius 2 is 2.27 bits per heavy atom. The normalized spacial score (nSPS) is 21.4. The summed E-state index contributed by atoms with van der Waals surface area (Å²) in [6.45, 7) is 5.09. The number of para-hydroxylation sites is 2. The van der Waals surface area contributed by atoms with E-state index in [0.29, 0.717) is 12.1 Å². The number of hydrogen-bond donors (Lipinski definition) is 0. The van der Waals surface area contributed by atoms with E-state index in [1.165, 1.54) is 6.42 Å². The van der Waals surface area contributed by atoms with Gasteiger partial charge in [0.25, 0.3) is 6.01 Å². The molecule has 1 saturated heterocycles. The molecule has 2 heterocycles. The number of anilines is 1. The fourth-order valence-electron chi connectivity index (χ4n) is 2.07. The zero-order valence-corrected chi connectivity index (χ0v) is 8.52. The third kappa shape index (κ3) is 1.39. The van der Waals surface area contributed by atoms with Crippen LogP contribution >= 0.6 is 0 Å². The van der Waals surface area contributed by atoms with E-state index in [4.69, 9.17) is 4.42 Å². The molecule has 3 nitrogen and oxygen atoms in total. The van der Waals surface area contributed by atoms with Crippen molar-refractivity contribution in [2.24, 2.45) is 0 Å². The predicted octanol–water partition coefficient (Wildman–Crippen LogP) is 2.63. The Morgan fingerprint density at radius 1 is 1.40 bits per heavy atom. The average molecular weight is 201 g/mol. The summed E-state index contributed by atoms with van der Waals surface area (Å²) >= 11 is 0. The Bertz CT molecular complexity index is 444. The monoisotopic (exact) mass is 201 g/mol. The highest BCUT2D eigenvalue weighted by atomic mass is 16.4. The van der Waals surface area contributed by atoms with E-state index in [1.807, 2.05) is 24.3 Å². The first-order chi connectivity index (χ1) is 7.34. The van der Waals surface area contributed by atoms with Crippen LogP contribution in [0.4, 0.5) is 6.01 Å². The van der Waals surface area contributed by atoms with E-state index in [1.54, 1.807) is 0 Å². The number of aromatic nitrogens is 1. The predicted molar refractivity (Wildman–Crippen MR) is 59.7 cm³/mol. The standard InChI is InChI=1S/C12H13N2O/c1-9-5-4-8-14(9)12-13-10-6-2-3-7-11(10)15-12/h2-3,6-7,9H,1,4-5,8H2. The quantitative estimate of drug-likeness (QED) is 0.710. The highest BCUT2D eigenvalue weighted by molar-refractivity contribution is 5.74. The first-order valence-corrected chi connectivity index (χ1v) is 5.30. The summed E-state index contributed by atoms with van der Waals surface area (Å²) in [5.74, 6) is 0. The molecule has 1 aliphatic rings. The lowest BCUT2D eigenvalue weighted by molar-refractivity contribution is 0.571. The summed E-state index contributed by atoms with van der Waals surface area (Å²) in [5.41, 5.74) is 1.78. The molecule has 3 heteroatoms. The van der Waals surface area contributed by atoms with Gasteiger partial charge in [-0.2, -0.15) is 4.98 Å².